The Morgan fingerprint density at radius 3 is 2.83 bits per heavy atom. The van der Waals surface area contributed by atoms with Crippen molar-refractivity contribution < 1.29 is 9.84 Å². The fourth-order valence-corrected chi connectivity index (χ4v) is 2.11. The molecule has 1 aliphatic rings. The minimum atomic E-state index is 0.255. The molecule has 1 heterocycles. The molecule has 2 rings (SSSR count). The molecular weight excluding hydrogens is 248 g/mol. The molecule has 1 fully saturated rings. The number of thiocarbonyl (C=S) groups is 1. The Kier molecular flexibility index (Phi) is 4.38. The molecule has 5 heteroatoms. The number of benzene rings is 1. The van der Waals surface area contributed by atoms with Gasteiger partial charge < -0.3 is 20.1 Å². The van der Waals surface area contributed by atoms with Gasteiger partial charge in [0.25, 0.3) is 0 Å². The van der Waals surface area contributed by atoms with Gasteiger partial charge in [0, 0.05) is 25.9 Å². The molecule has 0 radical (unpaired) electrons. The van der Waals surface area contributed by atoms with Crippen LogP contribution in [0.15, 0.2) is 24.3 Å². The van der Waals surface area contributed by atoms with Crippen molar-refractivity contribution in [2.75, 3.05) is 25.1 Å². The van der Waals surface area contributed by atoms with Gasteiger partial charge in [-0.3, -0.25) is 0 Å². The minimum Gasteiger partial charge on any atom is -0.508 e. The fourth-order valence-electron chi connectivity index (χ4n) is 1.92. The van der Waals surface area contributed by atoms with E-state index < -0.39 is 0 Å². The number of hydrogen-bond donors (Lipinski definition) is 2. The van der Waals surface area contributed by atoms with E-state index in [9.17, 15) is 5.11 Å². The molecule has 1 aromatic rings. The summed E-state index contributed by atoms with van der Waals surface area (Å²) in [6, 6.07) is 6.95. The second-order valence-corrected chi connectivity index (χ2v) is 4.78. The number of nitrogens with one attached hydrogen (secondary N) is 1. The number of phenolic OH excluding ortho intramolecular Hbond substituents is 1. The van der Waals surface area contributed by atoms with Gasteiger partial charge in [-0.25, -0.2) is 0 Å². The molecule has 1 saturated heterocycles. The van der Waals surface area contributed by atoms with Crippen molar-refractivity contribution in [2.45, 2.75) is 18.9 Å². The molecule has 1 aromatic carbocycles. The lowest BCUT2D eigenvalue weighted by Crippen LogP contribution is -2.40. The monoisotopic (exact) mass is 266 g/mol. The Morgan fingerprint density at radius 2 is 2.22 bits per heavy atom. The van der Waals surface area contributed by atoms with Crippen LogP contribution >= 0.6 is 12.2 Å². The summed E-state index contributed by atoms with van der Waals surface area (Å²) in [4.78, 5) is 1.88. The number of aromatic hydroxyl groups is 1. The van der Waals surface area contributed by atoms with Crippen LogP contribution in [0.3, 0.4) is 0 Å². The molecular formula is C13H18N2O2S. The third-order valence-electron chi connectivity index (χ3n) is 3.05. The molecule has 0 spiro atoms. The SMILES string of the molecule is CN(C(=S)NC[C@@H]1CCCO1)c1ccc(O)cc1. The Labute approximate surface area is 113 Å². The highest BCUT2D eigenvalue weighted by molar-refractivity contribution is 7.80. The van der Waals surface area contributed by atoms with E-state index in [1.54, 1.807) is 12.1 Å². The molecule has 0 unspecified atom stereocenters. The lowest BCUT2D eigenvalue weighted by Gasteiger charge is -2.22. The van der Waals surface area contributed by atoms with Gasteiger partial charge in [-0.1, -0.05) is 0 Å². The maximum Gasteiger partial charge on any atom is 0.173 e. The summed E-state index contributed by atoms with van der Waals surface area (Å²) >= 11 is 5.32. The number of hydrogen-bond acceptors (Lipinski definition) is 3. The van der Waals surface area contributed by atoms with Crippen molar-refractivity contribution in [3.8, 4) is 5.75 Å². The Balaban J connectivity index is 1.85. The zero-order chi connectivity index (χ0) is 13.0. The lowest BCUT2D eigenvalue weighted by atomic mass is 10.2. The minimum absolute atomic E-state index is 0.255. The van der Waals surface area contributed by atoms with E-state index in [0.717, 1.165) is 31.7 Å². The smallest absolute Gasteiger partial charge is 0.173 e. The number of rotatable bonds is 3. The van der Waals surface area contributed by atoms with Crippen LogP contribution in [0.25, 0.3) is 0 Å². The van der Waals surface area contributed by atoms with E-state index in [0.29, 0.717) is 5.11 Å². The quantitative estimate of drug-likeness (QED) is 0.818. The third-order valence-corrected chi connectivity index (χ3v) is 3.46. The van der Waals surface area contributed by atoms with Crippen LogP contribution in [0.4, 0.5) is 5.69 Å². The maximum absolute atomic E-state index is 9.24. The Morgan fingerprint density at radius 1 is 1.50 bits per heavy atom. The Bertz CT molecular complexity index is 402. The highest BCUT2D eigenvalue weighted by Gasteiger charge is 2.16. The predicted octanol–water partition coefficient (Wildman–Crippen LogP) is 1.88. The number of phenols is 1. The van der Waals surface area contributed by atoms with Crippen molar-refractivity contribution in [3.63, 3.8) is 0 Å². The summed E-state index contributed by atoms with van der Waals surface area (Å²) in [6.07, 6.45) is 2.50. The van der Waals surface area contributed by atoms with E-state index in [1.165, 1.54) is 0 Å². The summed E-state index contributed by atoms with van der Waals surface area (Å²) in [7, 11) is 1.90. The molecule has 18 heavy (non-hydrogen) atoms. The average Bonchev–Trinajstić information content (AvgIpc) is 2.89. The molecule has 4 nitrogen and oxygen atoms in total. The standard InChI is InChI=1S/C13H18N2O2S/c1-15(10-4-6-11(16)7-5-10)13(18)14-9-12-3-2-8-17-12/h4-7,12,16H,2-3,8-9H2,1H3,(H,14,18)/t12-/m0/s1. The first kappa shape index (κ1) is 13.1. The maximum atomic E-state index is 9.24. The largest absolute Gasteiger partial charge is 0.508 e. The molecule has 0 aromatic heterocycles. The Hall–Kier alpha value is -1.33. The third kappa shape index (κ3) is 3.34. The number of anilines is 1. The van der Waals surface area contributed by atoms with Gasteiger partial charge in [-0.15, -0.1) is 0 Å². The molecule has 1 aliphatic heterocycles. The van der Waals surface area contributed by atoms with Crippen LogP contribution in [0.5, 0.6) is 5.75 Å². The summed E-state index contributed by atoms with van der Waals surface area (Å²) in [5.74, 6) is 0.255. The van der Waals surface area contributed by atoms with Crippen LogP contribution in [0.1, 0.15) is 12.8 Å². The summed E-state index contributed by atoms with van der Waals surface area (Å²) in [6.45, 7) is 1.61. The molecule has 0 saturated carbocycles. The van der Waals surface area contributed by atoms with Gasteiger partial charge in [0.1, 0.15) is 5.75 Å². The normalized spacial score (nSPS) is 18.6. The van der Waals surface area contributed by atoms with Crippen LogP contribution in [0, 0.1) is 0 Å². The summed E-state index contributed by atoms with van der Waals surface area (Å²) in [5, 5.41) is 13.1. The molecule has 98 valence electrons. The van der Waals surface area contributed by atoms with E-state index in [-0.39, 0.29) is 11.9 Å². The van der Waals surface area contributed by atoms with Gasteiger partial charge in [0.2, 0.25) is 0 Å². The molecule has 1 atom stereocenters. The highest BCUT2D eigenvalue weighted by Crippen LogP contribution is 2.17. The van der Waals surface area contributed by atoms with E-state index >= 15 is 0 Å². The van der Waals surface area contributed by atoms with Crippen LogP contribution in [-0.2, 0) is 4.74 Å². The van der Waals surface area contributed by atoms with Crippen LogP contribution < -0.4 is 10.2 Å². The summed E-state index contributed by atoms with van der Waals surface area (Å²) in [5.41, 5.74) is 0.942. The molecule has 2 N–H and O–H groups in total. The van der Waals surface area contributed by atoms with Crippen molar-refractivity contribution in [3.05, 3.63) is 24.3 Å². The lowest BCUT2D eigenvalue weighted by molar-refractivity contribution is 0.114. The van der Waals surface area contributed by atoms with Gasteiger partial charge in [-0.05, 0) is 49.3 Å². The van der Waals surface area contributed by atoms with Gasteiger partial charge in [0.05, 0.1) is 6.10 Å². The predicted molar refractivity (Wildman–Crippen MR) is 76.1 cm³/mol. The van der Waals surface area contributed by atoms with Crippen molar-refractivity contribution >= 4 is 23.0 Å². The highest BCUT2D eigenvalue weighted by atomic mass is 32.1. The zero-order valence-electron chi connectivity index (χ0n) is 10.4. The number of ether oxygens (including phenoxy) is 1. The van der Waals surface area contributed by atoms with E-state index in [2.05, 4.69) is 5.32 Å². The van der Waals surface area contributed by atoms with E-state index in [4.69, 9.17) is 17.0 Å². The average molecular weight is 266 g/mol. The van der Waals surface area contributed by atoms with Crippen molar-refractivity contribution in [2.24, 2.45) is 0 Å². The number of nitrogens with zero attached hydrogens (tertiary/aromatic N) is 1. The van der Waals surface area contributed by atoms with Crippen LogP contribution in [-0.4, -0.2) is 36.5 Å². The zero-order valence-corrected chi connectivity index (χ0v) is 11.2. The van der Waals surface area contributed by atoms with Crippen molar-refractivity contribution in [1.82, 2.24) is 5.32 Å². The first-order valence-corrected chi connectivity index (χ1v) is 6.50. The first-order valence-electron chi connectivity index (χ1n) is 6.09. The topological polar surface area (TPSA) is 44.7 Å². The van der Waals surface area contributed by atoms with E-state index in [1.807, 2.05) is 24.1 Å². The molecule has 0 amide bonds. The molecule has 0 bridgehead atoms. The first-order chi connectivity index (χ1) is 8.66. The summed E-state index contributed by atoms with van der Waals surface area (Å²) < 4.78 is 5.53. The van der Waals surface area contributed by atoms with Crippen molar-refractivity contribution in [1.29, 1.82) is 0 Å². The second-order valence-electron chi connectivity index (χ2n) is 4.40. The molecule has 0 aliphatic carbocycles. The fraction of sp³-hybridized carbons (Fsp3) is 0.462. The van der Waals surface area contributed by atoms with Gasteiger partial charge >= 0.3 is 0 Å². The van der Waals surface area contributed by atoms with Crippen LogP contribution in [0.2, 0.25) is 0 Å². The van der Waals surface area contributed by atoms with Gasteiger partial charge in [0.15, 0.2) is 5.11 Å². The van der Waals surface area contributed by atoms with Gasteiger partial charge in [-0.2, -0.15) is 0 Å². The second kappa shape index (κ2) is 6.02.